The molecule has 72 valence electrons. The van der Waals surface area contributed by atoms with Crippen LogP contribution in [0.3, 0.4) is 0 Å². The van der Waals surface area contributed by atoms with E-state index in [0.29, 0.717) is 6.42 Å². The number of hydrogen-bond acceptors (Lipinski definition) is 1. The number of carbonyl (C=O) groups is 1. The molecule has 0 unspecified atom stereocenters. The highest BCUT2D eigenvalue weighted by Crippen LogP contribution is 2.43. The number of halogens is 2. The van der Waals surface area contributed by atoms with Crippen molar-refractivity contribution >= 4 is 5.91 Å². The lowest BCUT2D eigenvalue weighted by atomic mass is 10.3. The Hall–Kier alpha value is -1.11. The first kappa shape index (κ1) is 9.97. The molecule has 0 aromatic heterocycles. The van der Waals surface area contributed by atoms with E-state index in [1.54, 1.807) is 6.92 Å². The monoisotopic (exact) mass is 187 g/mol. The fourth-order valence-electron chi connectivity index (χ4n) is 1.15. The molecular weight excluding hydrogens is 176 g/mol. The molecule has 0 spiro atoms. The van der Waals surface area contributed by atoms with Gasteiger partial charge in [-0.2, -0.15) is 0 Å². The zero-order valence-electron chi connectivity index (χ0n) is 7.31. The van der Waals surface area contributed by atoms with Crippen LogP contribution in [0.25, 0.3) is 0 Å². The molecule has 2 atom stereocenters. The van der Waals surface area contributed by atoms with Crippen LogP contribution in [0.1, 0.15) is 13.3 Å². The van der Waals surface area contributed by atoms with Gasteiger partial charge in [0.05, 0.1) is 6.54 Å². The zero-order chi connectivity index (χ0) is 9.84. The summed E-state index contributed by atoms with van der Waals surface area (Å²) in [5, 5.41) is 2.48. The maximum Gasteiger partial charge on any atom is 0.242 e. The van der Waals surface area contributed by atoms with Crippen LogP contribution in [0.15, 0.2) is 0 Å². The molecular formula is C9H11F2NO. The van der Waals surface area contributed by atoms with E-state index in [-0.39, 0.29) is 12.5 Å². The number of alkyl halides is 2. The molecule has 1 aliphatic carbocycles. The Morgan fingerprint density at radius 3 is 2.85 bits per heavy atom. The van der Waals surface area contributed by atoms with E-state index in [4.69, 9.17) is 0 Å². The van der Waals surface area contributed by atoms with Crippen LogP contribution >= 0.6 is 0 Å². The minimum Gasteiger partial charge on any atom is -0.345 e. The van der Waals surface area contributed by atoms with E-state index in [1.165, 1.54) is 0 Å². The second kappa shape index (κ2) is 4.22. The van der Waals surface area contributed by atoms with Crippen LogP contribution in [0, 0.1) is 23.7 Å². The summed E-state index contributed by atoms with van der Waals surface area (Å²) >= 11 is 0. The summed E-state index contributed by atoms with van der Waals surface area (Å²) in [5.74, 6) is 3.73. The van der Waals surface area contributed by atoms with E-state index in [0.717, 1.165) is 0 Å². The van der Waals surface area contributed by atoms with Crippen molar-refractivity contribution in [2.24, 2.45) is 11.8 Å². The minimum absolute atomic E-state index is 0.252. The molecule has 0 aliphatic heterocycles. The number of rotatable bonds is 3. The van der Waals surface area contributed by atoms with Gasteiger partial charge >= 0.3 is 0 Å². The predicted molar refractivity (Wildman–Crippen MR) is 44.1 cm³/mol. The van der Waals surface area contributed by atoms with Crippen molar-refractivity contribution in [2.45, 2.75) is 19.8 Å². The van der Waals surface area contributed by atoms with Crippen molar-refractivity contribution in [1.29, 1.82) is 0 Å². The van der Waals surface area contributed by atoms with E-state index >= 15 is 0 Å². The smallest absolute Gasteiger partial charge is 0.242 e. The Balaban J connectivity index is 2.22. The van der Waals surface area contributed by atoms with Gasteiger partial charge < -0.3 is 5.32 Å². The highest BCUT2D eigenvalue weighted by atomic mass is 19.3. The summed E-state index contributed by atoms with van der Waals surface area (Å²) in [7, 11) is 0. The molecule has 1 N–H and O–H groups in total. The lowest BCUT2D eigenvalue weighted by molar-refractivity contribution is -0.122. The topological polar surface area (TPSA) is 29.1 Å². The zero-order valence-corrected chi connectivity index (χ0v) is 7.31. The molecule has 1 saturated carbocycles. The van der Waals surface area contributed by atoms with Crippen molar-refractivity contribution < 1.29 is 13.6 Å². The van der Waals surface area contributed by atoms with Gasteiger partial charge in [0, 0.05) is 11.8 Å². The van der Waals surface area contributed by atoms with Crippen LogP contribution < -0.4 is 5.32 Å². The van der Waals surface area contributed by atoms with Gasteiger partial charge in [-0.25, -0.2) is 8.78 Å². The molecule has 0 radical (unpaired) electrons. The number of amides is 1. The van der Waals surface area contributed by atoms with Crippen molar-refractivity contribution in [3.63, 3.8) is 0 Å². The van der Waals surface area contributed by atoms with Crippen molar-refractivity contribution in [1.82, 2.24) is 5.32 Å². The maximum atomic E-state index is 12.0. The Morgan fingerprint density at radius 2 is 2.38 bits per heavy atom. The fourth-order valence-corrected chi connectivity index (χ4v) is 1.15. The molecule has 0 aromatic rings. The molecule has 0 aromatic carbocycles. The summed E-state index contributed by atoms with van der Waals surface area (Å²) in [6.07, 6.45) is -2.06. The maximum absolute atomic E-state index is 12.0. The van der Waals surface area contributed by atoms with Crippen LogP contribution in [-0.4, -0.2) is 18.9 Å². The van der Waals surface area contributed by atoms with Gasteiger partial charge in [0.25, 0.3) is 0 Å². The molecule has 0 bridgehead atoms. The van der Waals surface area contributed by atoms with Crippen molar-refractivity contribution in [3.8, 4) is 11.8 Å². The first-order valence-corrected chi connectivity index (χ1v) is 4.12. The summed E-state index contributed by atoms with van der Waals surface area (Å²) in [5.41, 5.74) is 0. The summed E-state index contributed by atoms with van der Waals surface area (Å²) in [4.78, 5) is 11.1. The molecule has 4 heteroatoms. The minimum atomic E-state index is -2.37. The van der Waals surface area contributed by atoms with Crippen LogP contribution in [0.2, 0.25) is 0 Å². The van der Waals surface area contributed by atoms with E-state index in [2.05, 4.69) is 17.2 Å². The molecule has 1 amide bonds. The van der Waals surface area contributed by atoms with Crippen molar-refractivity contribution in [2.75, 3.05) is 6.54 Å². The number of hydrogen-bond donors (Lipinski definition) is 1. The van der Waals surface area contributed by atoms with E-state index in [9.17, 15) is 13.6 Å². The largest absolute Gasteiger partial charge is 0.345 e. The van der Waals surface area contributed by atoms with Crippen LogP contribution in [0.5, 0.6) is 0 Å². The molecule has 2 nitrogen and oxygen atoms in total. The fraction of sp³-hybridized carbons (Fsp3) is 0.667. The second-order valence-electron chi connectivity index (χ2n) is 2.99. The molecule has 13 heavy (non-hydrogen) atoms. The summed E-state index contributed by atoms with van der Waals surface area (Å²) < 4.78 is 24.0. The highest BCUT2D eigenvalue weighted by Gasteiger charge is 2.48. The van der Waals surface area contributed by atoms with Crippen molar-refractivity contribution in [3.05, 3.63) is 0 Å². The van der Waals surface area contributed by atoms with Gasteiger partial charge in [-0.05, 0) is 13.3 Å². The predicted octanol–water partition coefficient (Wildman–Crippen LogP) is 1.03. The lowest BCUT2D eigenvalue weighted by Gasteiger charge is -1.99. The third-order valence-corrected chi connectivity index (χ3v) is 2.03. The molecule has 1 aliphatic rings. The SMILES string of the molecule is CC#CCNC(=O)[C@H]1C[C@@H]1C(F)F. The normalized spacial score (nSPS) is 24.9. The average molecular weight is 187 g/mol. The summed E-state index contributed by atoms with van der Waals surface area (Å²) in [6, 6.07) is 0. The average Bonchev–Trinajstić information content (AvgIpc) is 2.83. The standard InChI is InChI=1S/C9H11F2NO/c1-2-3-4-12-9(13)7-5-6(7)8(10)11/h6-8H,4-5H2,1H3,(H,12,13)/t6-,7-/m0/s1. The van der Waals surface area contributed by atoms with Gasteiger partial charge in [-0.1, -0.05) is 5.92 Å². The Labute approximate surface area is 75.7 Å². The van der Waals surface area contributed by atoms with Gasteiger partial charge in [0.1, 0.15) is 0 Å². The number of carbonyl (C=O) groups excluding carboxylic acids is 1. The number of nitrogens with one attached hydrogen (secondary N) is 1. The quantitative estimate of drug-likeness (QED) is 0.657. The first-order valence-electron chi connectivity index (χ1n) is 4.12. The van der Waals surface area contributed by atoms with Gasteiger partial charge in [-0.15, -0.1) is 5.92 Å². The van der Waals surface area contributed by atoms with E-state index < -0.39 is 18.3 Å². The lowest BCUT2D eigenvalue weighted by Crippen LogP contribution is -2.26. The molecule has 0 heterocycles. The molecule has 0 saturated heterocycles. The third kappa shape index (κ3) is 2.69. The van der Waals surface area contributed by atoms with Crippen LogP contribution in [0.4, 0.5) is 8.78 Å². The molecule has 1 fully saturated rings. The summed E-state index contributed by atoms with van der Waals surface area (Å²) in [6.45, 7) is 1.91. The van der Waals surface area contributed by atoms with Gasteiger partial charge in [0.15, 0.2) is 0 Å². The van der Waals surface area contributed by atoms with Gasteiger partial charge in [0.2, 0.25) is 12.3 Å². The molecule has 1 rings (SSSR count). The van der Waals surface area contributed by atoms with Gasteiger partial charge in [-0.3, -0.25) is 4.79 Å². The third-order valence-electron chi connectivity index (χ3n) is 2.03. The van der Waals surface area contributed by atoms with Crippen LogP contribution in [-0.2, 0) is 4.79 Å². The highest BCUT2D eigenvalue weighted by molar-refractivity contribution is 5.81. The first-order chi connectivity index (χ1) is 6.16. The Kier molecular flexibility index (Phi) is 3.24. The Bertz CT molecular complexity index is 254. The Morgan fingerprint density at radius 1 is 1.69 bits per heavy atom. The van der Waals surface area contributed by atoms with E-state index in [1.807, 2.05) is 0 Å². The second-order valence-corrected chi connectivity index (χ2v) is 2.99.